The molecule has 0 saturated heterocycles. The highest BCUT2D eigenvalue weighted by molar-refractivity contribution is 6.04. The molecule has 1 heterocycles. The highest BCUT2D eigenvalue weighted by Gasteiger charge is 2.24. The molecule has 1 amide bonds. The molecule has 2 aromatic carbocycles. The second-order valence-corrected chi connectivity index (χ2v) is 6.73. The highest BCUT2D eigenvalue weighted by Crippen LogP contribution is 2.27. The third-order valence-electron chi connectivity index (χ3n) is 4.90. The average Bonchev–Trinajstić information content (AvgIpc) is 2.90. The summed E-state index contributed by atoms with van der Waals surface area (Å²) in [6, 6.07) is 19.0. The van der Waals surface area contributed by atoms with Crippen molar-refractivity contribution in [3.05, 3.63) is 77.1 Å². The first-order valence-corrected chi connectivity index (χ1v) is 9.24. The van der Waals surface area contributed by atoms with Gasteiger partial charge in [-0.15, -0.1) is 0 Å². The Hall–Kier alpha value is -3.39. The SMILES string of the molecule is N#Cc1cccc(NC(=O)c2nn(-c3ccccc3)c3c2CCCCC3)c1. The summed E-state index contributed by atoms with van der Waals surface area (Å²) in [7, 11) is 0. The Bertz CT molecular complexity index is 1010. The fraction of sp³-hybridized carbons (Fsp3) is 0.227. The smallest absolute Gasteiger partial charge is 0.276 e. The number of nitrogens with one attached hydrogen (secondary N) is 1. The van der Waals surface area contributed by atoms with Crippen molar-refractivity contribution < 1.29 is 4.79 Å². The lowest BCUT2D eigenvalue weighted by molar-refractivity contribution is 0.102. The number of hydrogen-bond acceptors (Lipinski definition) is 3. The Morgan fingerprint density at radius 2 is 1.85 bits per heavy atom. The van der Waals surface area contributed by atoms with Gasteiger partial charge in [-0.05, 0) is 56.0 Å². The number of carbonyl (C=O) groups excluding carboxylic acids is 1. The lowest BCUT2D eigenvalue weighted by Crippen LogP contribution is -2.15. The Morgan fingerprint density at radius 1 is 1.04 bits per heavy atom. The summed E-state index contributed by atoms with van der Waals surface area (Å²) in [6.45, 7) is 0. The van der Waals surface area contributed by atoms with Crippen LogP contribution < -0.4 is 5.32 Å². The fourth-order valence-corrected chi connectivity index (χ4v) is 3.60. The van der Waals surface area contributed by atoms with Crippen LogP contribution in [0.4, 0.5) is 5.69 Å². The molecule has 0 aliphatic heterocycles. The van der Waals surface area contributed by atoms with Gasteiger partial charge >= 0.3 is 0 Å². The summed E-state index contributed by atoms with van der Waals surface area (Å²) in [5, 5.41) is 16.6. The van der Waals surface area contributed by atoms with Gasteiger partial charge in [0.1, 0.15) is 0 Å². The van der Waals surface area contributed by atoms with Gasteiger partial charge in [0.2, 0.25) is 0 Å². The first kappa shape index (κ1) is 17.0. The van der Waals surface area contributed by atoms with Crippen LogP contribution in [0.2, 0.25) is 0 Å². The number of rotatable bonds is 3. The van der Waals surface area contributed by atoms with Crippen molar-refractivity contribution in [2.45, 2.75) is 32.1 Å². The molecular formula is C22H20N4O. The van der Waals surface area contributed by atoms with Gasteiger partial charge in [0.25, 0.3) is 5.91 Å². The Labute approximate surface area is 158 Å². The zero-order valence-corrected chi connectivity index (χ0v) is 15.0. The minimum absolute atomic E-state index is 0.224. The number of nitrogens with zero attached hydrogens (tertiary/aromatic N) is 3. The maximum atomic E-state index is 13.0. The van der Waals surface area contributed by atoms with Crippen LogP contribution in [0.1, 0.15) is 46.6 Å². The molecule has 5 heteroatoms. The van der Waals surface area contributed by atoms with E-state index in [1.54, 1.807) is 24.3 Å². The number of amides is 1. The summed E-state index contributed by atoms with van der Waals surface area (Å²) in [5.41, 5.74) is 4.76. The summed E-state index contributed by atoms with van der Waals surface area (Å²) in [4.78, 5) is 13.0. The van der Waals surface area contributed by atoms with Gasteiger partial charge < -0.3 is 5.32 Å². The average molecular weight is 356 g/mol. The van der Waals surface area contributed by atoms with E-state index in [-0.39, 0.29) is 5.91 Å². The van der Waals surface area contributed by atoms with Crippen molar-refractivity contribution in [1.82, 2.24) is 9.78 Å². The molecule has 134 valence electrons. The number of nitriles is 1. The van der Waals surface area contributed by atoms with Crippen LogP contribution in [-0.4, -0.2) is 15.7 Å². The largest absolute Gasteiger partial charge is 0.321 e. The molecule has 1 aliphatic rings. The molecule has 0 spiro atoms. The number of aromatic nitrogens is 2. The number of fused-ring (bicyclic) bond motifs is 1. The van der Waals surface area contributed by atoms with Crippen molar-refractivity contribution >= 4 is 11.6 Å². The standard InChI is InChI=1S/C22H20N4O/c23-15-16-8-7-9-17(14-16)24-22(27)21-19-12-5-2-6-13-20(19)26(25-21)18-10-3-1-4-11-18/h1,3-4,7-11,14H,2,5-6,12-13H2,(H,24,27). The molecule has 3 aromatic rings. The van der Waals surface area contributed by atoms with E-state index in [2.05, 4.69) is 16.5 Å². The van der Waals surface area contributed by atoms with Crippen LogP contribution in [-0.2, 0) is 12.8 Å². The van der Waals surface area contributed by atoms with Crippen LogP contribution in [0.5, 0.6) is 0 Å². The van der Waals surface area contributed by atoms with Crippen LogP contribution >= 0.6 is 0 Å². The van der Waals surface area contributed by atoms with Gasteiger partial charge in [-0.2, -0.15) is 10.4 Å². The molecule has 5 nitrogen and oxygen atoms in total. The summed E-state index contributed by atoms with van der Waals surface area (Å²) >= 11 is 0. The van der Waals surface area contributed by atoms with Gasteiger partial charge in [-0.1, -0.05) is 30.7 Å². The zero-order valence-electron chi connectivity index (χ0n) is 15.0. The Kier molecular flexibility index (Phi) is 4.71. The summed E-state index contributed by atoms with van der Waals surface area (Å²) in [5.74, 6) is -0.224. The molecule has 0 atom stereocenters. The monoisotopic (exact) mass is 356 g/mol. The van der Waals surface area contributed by atoms with Crippen molar-refractivity contribution in [3.8, 4) is 11.8 Å². The number of benzene rings is 2. The maximum absolute atomic E-state index is 13.0. The molecule has 0 radical (unpaired) electrons. The van der Waals surface area contributed by atoms with E-state index < -0.39 is 0 Å². The minimum atomic E-state index is -0.224. The van der Waals surface area contributed by atoms with Gasteiger partial charge in [0.15, 0.2) is 5.69 Å². The molecule has 27 heavy (non-hydrogen) atoms. The highest BCUT2D eigenvalue weighted by atomic mass is 16.2. The molecule has 1 aliphatic carbocycles. The van der Waals surface area contributed by atoms with E-state index in [9.17, 15) is 4.79 Å². The minimum Gasteiger partial charge on any atom is -0.321 e. The van der Waals surface area contributed by atoms with Gasteiger partial charge in [0.05, 0.1) is 17.3 Å². The molecule has 0 fully saturated rings. The van der Waals surface area contributed by atoms with Crippen molar-refractivity contribution in [2.75, 3.05) is 5.32 Å². The predicted octanol–water partition coefficient (Wildman–Crippen LogP) is 4.27. The van der Waals surface area contributed by atoms with Crippen molar-refractivity contribution in [1.29, 1.82) is 5.26 Å². The van der Waals surface area contributed by atoms with Gasteiger partial charge in [-0.3, -0.25) is 4.79 Å². The molecule has 1 aromatic heterocycles. The molecule has 1 N–H and O–H groups in total. The number of carbonyl (C=O) groups is 1. The lowest BCUT2D eigenvalue weighted by atomic mass is 10.1. The van der Waals surface area contributed by atoms with Crippen LogP contribution in [0.3, 0.4) is 0 Å². The van der Waals surface area contributed by atoms with E-state index in [1.807, 2.05) is 35.0 Å². The van der Waals surface area contributed by atoms with Crippen molar-refractivity contribution in [3.63, 3.8) is 0 Å². The second kappa shape index (κ2) is 7.46. The topological polar surface area (TPSA) is 70.7 Å². The molecule has 0 unspecified atom stereocenters. The van der Waals surface area contributed by atoms with Crippen LogP contribution in [0.15, 0.2) is 54.6 Å². The van der Waals surface area contributed by atoms with Gasteiger partial charge in [-0.25, -0.2) is 4.68 Å². The molecule has 0 bridgehead atoms. The second-order valence-electron chi connectivity index (χ2n) is 6.73. The van der Waals surface area contributed by atoms with E-state index in [4.69, 9.17) is 5.26 Å². The summed E-state index contributed by atoms with van der Waals surface area (Å²) < 4.78 is 1.92. The number of hydrogen-bond donors (Lipinski definition) is 1. The third-order valence-corrected chi connectivity index (χ3v) is 4.90. The van der Waals surface area contributed by atoms with E-state index in [0.29, 0.717) is 16.9 Å². The molecule has 0 saturated carbocycles. The predicted molar refractivity (Wildman–Crippen MR) is 104 cm³/mol. The quantitative estimate of drug-likeness (QED) is 0.713. The molecule has 4 rings (SSSR count). The number of para-hydroxylation sites is 1. The number of anilines is 1. The lowest BCUT2D eigenvalue weighted by Gasteiger charge is -2.06. The van der Waals surface area contributed by atoms with E-state index >= 15 is 0 Å². The Balaban J connectivity index is 1.72. The van der Waals surface area contributed by atoms with Crippen molar-refractivity contribution in [2.24, 2.45) is 0 Å². The zero-order chi connectivity index (χ0) is 18.6. The first-order chi connectivity index (χ1) is 13.3. The van der Waals surface area contributed by atoms with E-state index in [1.165, 1.54) is 0 Å². The first-order valence-electron chi connectivity index (χ1n) is 9.24. The van der Waals surface area contributed by atoms with Crippen LogP contribution in [0.25, 0.3) is 5.69 Å². The fourth-order valence-electron chi connectivity index (χ4n) is 3.60. The van der Waals surface area contributed by atoms with E-state index in [0.717, 1.165) is 49.0 Å². The summed E-state index contributed by atoms with van der Waals surface area (Å²) in [6.07, 6.45) is 5.13. The maximum Gasteiger partial charge on any atom is 0.276 e. The third kappa shape index (κ3) is 3.47. The Morgan fingerprint density at radius 3 is 2.67 bits per heavy atom. The normalized spacial score (nSPS) is 13.3. The van der Waals surface area contributed by atoms with Gasteiger partial charge in [0, 0.05) is 16.9 Å². The van der Waals surface area contributed by atoms with Crippen LogP contribution in [0, 0.1) is 11.3 Å². The molecular weight excluding hydrogens is 336 g/mol.